The number of rotatable bonds is 4. The Morgan fingerprint density at radius 2 is 2.08 bits per heavy atom. The minimum atomic E-state index is -0.474. The van der Waals surface area contributed by atoms with E-state index in [1.165, 1.54) is 11.3 Å². The van der Waals surface area contributed by atoms with Gasteiger partial charge in [0.05, 0.1) is 15.6 Å². The van der Waals surface area contributed by atoms with E-state index < -0.39 is 17.1 Å². The number of thioether (sulfide) groups is 1. The van der Waals surface area contributed by atoms with Crippen molar-refractivity contribution in [2.24, 2.45) is 0 Å². The summed E-state index contributed by atoms with van der Waals surface area (Å²) in [6.45, 7) is 3.39. The Morgan fingerprint density at radius 3 is 2.73 bits per heavy atom. The average Bonchev–Trinajstić information content (AvgIpc) is 3.15. The number of aryl methyl sites for hydroxylation is 2. The quantitative estimate of drug-likeness (QED) is 0.748. The molecule has 1 saturated heterocycles. The number of imide groups is 1. The van der Waals surface area contributed by atoms with Gasteiger partial charge in [-0.05, 0) is 60.3 Å². The number of anilines is 1. The van der Waals surface area contributed by atoms with E-state index >= 15 is 0 Å². The molecule has 8 heteroatoms. The molecule has 0 spiro atoms. The molecule has 2 heterocycles. The summed E-state index contributed by atoms with van der Waals surface area (Å²) < 4.78 is 0. The summed E-state index contributed by atoms with van der Waals surface area (Å²) >= 11 is 8.49. The normalized spacial score (nSPS) is 15.8. The number of hydrogen-bond acceptors (Lipinski definition) is 5. The fraction of sp³-hybridized carbons (Fsp3) is 0.167. The summed E-state index contributed by atoms with van der Waals surface area (Å²) in [4.78, 5) is 39.0. The fourth-order valence-corrected chi connectivity index (χ4v) is 4.46. The fourth-order valence-electron chi connectivity index (χ4n) is 2.54. The van der Waals surface area contributed by atoms with Crippen LogP contribution >= 0.6 is 34.7 Å². The third-order valence-electron chi connectivity index (χ3n) is 3.69. The molecule has 1 aromatic carbocycles. The van der Waals surface area contributed by atoms with Crippen molar-refractivity contribution in [1.29, 1.82) is 0 Å². The smallest absolute Gasteiger partial charge is 0.294 e. The molecule has 1 aromatic heterocycles. The summed E-state index contributed by atoms with van der Waals surface area (Å²) in [5, 5.41) is 4.54. The molecule has 3 amide bonds. The summed E-state index contributed by atoms with van der Waals surface area (Å²) in [5.41, 5.74) is 2.29. The maximum absolute atomic E-state index is 12.4. The van der Waals surface area contributed by atoms with Gasteiger partial charge in [0.15, 0.2) is 0 Å². The summed E-state index contributed by atoms with van der Waals surface area (Å²) in [6, 6.07) is 7.36. The number of thiophene rings is 1. The lowest BCUT2D eigenvalue weighted by molar-refractivity contribution is -0.127. The van der Waals surface area contributed by atoms with Crippen LogP contribution in [0.1, 0.15) is 16.0 Å². The number of halogens is 1. The van der Waals surface area contributed by atoms with Crippen molar-refractivity contribution in [3.8, 4) is 0 Å². The molecule has 0 saturated carbocycles. The highest BCUT2D eigenvalue weighted by atomic mass is 35.5. The van der Waals surface area contributed by atoms with Gasteiger partial charge in [-0.2, -0.15) is 0 Å². The third kappa shape index (κ3) is 4.00. The standard InChI is InChI=1S/C18H15ClN2O3S2/c1-10-6-11(2)16(13(19)7-10)20-15(22)9-21-17(23)14(26-18(21)24)8-12-4-3-5-25-12/h3-8H,9H2,1-2H3,(H,20,22)/b14-8-. The van der Waals surface area contributed by atoms with Gasteiger partial charge in [-0.1, -0.05) is 23.7 Å². The van der Waals surface area contributed by atoms with Gasteiger partial charge in [-0.15, -0.1) is 11.3 Å². The molecular weight excluding hydrogens is 392 g/mol. The first-order valence-corrected chi connectivity index (χ1v) is 9.78. The van der Waals surface area contributed by atoms with Crippen molar-refractivity contribution >= 4 is 63.5 Å². The molecule has 1 N–H and O–H groups in total. The highest BCUT2D eigenvalue weighted by Gasteiger charge is 2.36. The van der Waals surface area contributed by atoms with E-state index in [2.05, 4.69) is 5.32 Å². The van der Waals surface area contributed by atoms with Crippen molar-refractivity contribution in [1.82, 2.24) is 4.90 Å². The zero-order valence-electron chi connectivity index (χ0n) is 14.0. The Balaban J connectivity index is 1.72. The van der Waals surface area contributed by atoms with Gasteiger partial charge < -0.3 is 5.32 Å². The minimum absolute atomic E-state index is 0.315. The lowest BCUT2D eigenvalue weighted by Crippen LogP contribution is -2.36. The van der Waals surface area contributed by atoms with Gasteiger partial charge in [-0.3, -0.25) is 19.3 Å². The van der Waals surface area contributed by atoms with Crippen LogP contribution in [0.4, 0.5) is 10.5 Å². The van der Waals surface area contributed by atoms with Crippen molar-refractivity contribution in [3.05, 3.63) is 55.6 Å². The number of amides is 3. The predicted octanol–water partition coefficient (Wildman–Crippen LogP) is 4.69. The molecule has 0 unspecified atom stereocenters. The monoisotopic (exact) mass is 406 g/mol. The topological polar surface area (TPSA) is 66.5 Å². The lowest BCUT2D eigenvalue weighted by Gasteiger charge is -2.15. The van der Waals surface area contributed by atoms with Gasteiger partial charge in [0, 0.05) is 4.88 Å². The van der Waals surface area contributed by atoms with E-state index in [4.69, 9.17) is 11.6 Å². The van der Waals surface area contributed by atoms with Crippen LogP contribution in [0.2, 0.25) is 5.02 Å². The number of carbonyl (C=O) groups is 3. The Morgan fingerprint density at radius 1 is 1.31 bits per heavy atom. The number of carbonyl (C=O) groups excluding carboxylic acids is 3. The van der Waals surface area contributed by atoms with Crippen LogP contribution in [0.25, 0.3) is 6.08 Å². The van der Waals surface area contributed by atoms with Crippen molar-refractivity contribution in [2.45, 2.75) is 13.8 Å². The average molecular weight is 407 g/mol. The summed E-state index contributed by atoms with van der Waals surface area (Å²) in [6.07, 6.45) is 1.66. The third-order valence-corrected chi connectivity index (χ3v) is 5.71. The van der Waals surface area contributed by atoms with Crippen LogP contribution in [0, 0.1) is 13.8 Å². The molecule has 0 atom stereocenters. The molecule has 1 aliphatic heterocycles. The van der Waals surface area contributed by atoms with Crippen LogP contribution in [0.5, 0.6) is 0 Å². The van der Waals surface area contributed by atoms with Gasteiger partial charge in [0.25, 0.3) is 11.1 Å². The van der Waals surface area contributed by atoms with E-state index in [0.717, 1.165) is 32.7 Å². The molecule has 1 aliphatic rings. The molecule has 5 nitrogen and oxygen atoms in total. The molecular formula is C18H15ClN2O3S2. The van der Waals surface area contributed by atoms with Crippen LogP contribution in [0.3, 0.4) is 0 Å². The summed E-state index contributed by atoms with van der Waals surface area (Å²) in [7, 11) is 0. The first-order chi connectivity index (χ1) is 12.3. The number of nitrogens with zero attached hydrogens (tertiary/aromatic N) is 1. The van der Waals surface area contributed by atoms with Gasteiger partial charge in [0.1, 0.15) is 6.54 Å². The van der Waals surface area contributed by atoms with Crippen LogP contribution < -0.4 is 5.32 Å². The molecule has 26 heavy (non-hydrogen) atoms. The van der Waals surface area contributed by atoms with Crippen molar-refractivity contribution in [3.63, 3.8) is 0 Å². The Bertz CT molecular complexity index is 900. The van der Waals surface area contributed by atoms with E-state index in [1.54, 1.807) is 12.1 Å². The molecule has 3 rings (SSSR count). The molecule has 0 radical (unpaired) electrons. The van der Waals surface area contributed by atoms with E-state index in [9.17, 15) is 14.4 Å². The highest BCUT2D eigenvalue weighted by Crippen LogP contribution is 2.33. The second-order valence-corrected chi connectivity index (χ2v) is 8.15. The highest BCUT2D eigenvalue weighted by molar-refractivity contribution is 8.18. The lowest BCUT2D eigenvalue weighted by atomic mass is 10.1. The molecule has 0 bridgehead atoms. The first kappa shape index (κ1) is 18.7. The van der Waals surface area contributed by atoms with Crippen molar-refractivity contribution in [2.75, 3.05) is 11.9 Å². The minimum Gasteiger partial charge on any atom is -0.323 e. The maximum atomic E-state index is 12.4. The van der Waals surface area contributed by atoms with E-state index in [1.807, 2.05) is 37.4 Å². The second-order valence-electron chi connectivity index (χ2n) is 5.77. The molecule has 0 aliphatic carbocycles. The van der Waals surface area contributed by atoms with Crippen LogP contribution in [-0.4, -0.2) is 28.5 Å². The molecule has 1 fully saturated rings. The van der Waals surface area contributed by atoms with Crippen molar-refractivity contribution < 1.29 is 14.4 Å². The number of benzene rings is 1. The van der Waals surface area contributed by atoms with Gasteiger partial charge in [-0.25, -0.2) is 0 Å². The Kier molecular flexibility index (Phi) is 5.50. The largest absolute Gasteiger partial charge is 0.323 e. The van der Waals surface area contributed by atoms with Crippen LogP contribution in [-0.2, 0) is 9.59 Å². The zero-order valence-corrected chi connectivity index (χ0v) is 16.4. The molecule has 2 aromatic rings. The van der Waals surface area contributed by atoms with Gasteiger partial charge >= 0.3 is 0 Å². The summed E-state index contributed by atoms with van der Waals surface area (Å²) in [5.74, 6) is -0.936. The number of hydrogen-bond donors (Lipinski definition) is 1. The predicted molar refractivity (Wildman–Crippen MR) is 107 cm³/mol. The zero-order chi connectivity index (χ0) is 18.8. The van der Waals surface area contributed by atoms with Crippen LogP contribution in [0.15, 0.2) is 34.6 Å². The van der Waals surface area contributed by atoms with E-state index in [0.29, 0.717) is 15.6 Å². The SMILES string of the molecule is Cc1cc(C)c(NC(=O)CN2C(=O)S/C(=C\c3cccs3)C2=O)c(Cl)c1. The maximum Gasteiger partial charge on any atom is 0.294 e. The van der Waals surface area contributed by atoms with E-state index in [-0.39, 0.29) is 6.54 Å². The van der Waals surface area contributed by atoms with Gasteiger partial charge in [0.2, 0.25) is 5.91 Å². The first-order valence-electron chi connectivity index (χ1n) is 7.70. The molecule has 134 valence electrons. The number of nitrogens with one attached hydrogen (secondary N) is 1. The Hall–Kier alpha value is -2.09. The Labute approximate surface area is 164 Å². The second kappa shape index (κ2) is 7.65.